The van der Waals surface area contributed by atoms with Crippen LogP contribution < -0.4 is 16.5 Å². The molecule has 1 aliphatic carbocycles. The summed E-state index contributed by atoms with van der Waals surface area (Å²) in [5.74, 6) is 0.0394. The van der Waals surface area contributed by atoms with Crippen LogP contribution in [0.1, 0.15) is 97.4 Å². The van der Waals surface area contributed by atoms with Crippen molar-refractivity contribution >= 4 is 45.4 Å². The maximum atomic E-state index is 16.2. The molecule has 17 heteroatoms. The summed E-state index contributed by atoms with van der Waals surface area (Å²) < 4.78 is 30.4. The normalized spacial score (nSPS) is 23.8. The zero-order valence-electron chi connectivity index (χ0n) is 37.3. The van der Waals surface area contributed by atoms with Gasteiger partial charge in [-0.05, 0) is 125 Å². The number of fused-ring (bicyclic) bond motifs is 3. The molecule has 15 nitrogen and oxygen atoms in total. The summed E-state index contributed by atoms with van der Waals surface area (Å²) in [6.07, 6.45) is 6.33. The molecule has 3 fully saturated rings. The highest BCUT2D eigenvalue weighted by Crippen LogP contribution is 2.55. The van der Waals surface area contributed by atoms with Gasteiger partial charge in [0.1, 0.15) is 17.7 Å². The minimum Gasteiger partial charge on any atom is -0.376 e. The van der Waals surface area contributed by atoms with Gasteiger partial charge in [-0.25, -0.2) is 18.7 Å². The first kappa shape index (κ1) is 41.5. The number of imidazole rings is 1. The van der Waals surface area contributed by atoms with Crippen LogP contribution in [0, 0.1) is 25.6 Å². The lowest BCUT2D eigenvalue weighted by atomic mass is 9.83. The van der Waals surface area contributed by atoms with Crippen LogP contribution in [0.15, 0.2) is 71.9 Å². The molecular weight excluding hydrogens is 851 g/mol. The number of amides is 2. The average Bonchev–Trinajstić information content (AvgIpc) is 3.90. The number of carbonyl (C=O) groups is 2. The fraction of sp³-hybridized carbons (Fsp3) is 0.396. The minimum absolute atomic E-state index is 0.0790. The van der Waals surface area contributed by atoms with Gasteiger partial charge in [-0.15, -0.1) is 5.48 Å². The smallest absolute Gasteiger partial charge is 0.376 e. The molecule has 3 aliphatic heterocycles. The van der Waals surface area contributed by atoms with E-state index in [1.807, 2.05) is 43.9 Å². The highest BCUT2D eigenvalue weighted by atomic mass is 35.5. The van der Waals surface area contributed by atoms with E-state index in [9.17, 15) is 9.59 Å². The molecule has 0 spiro atoms. The van der Waals surface area contributed by atoms with Gasteiger partial charge in [0.25, 0.3) is 5.91 Å². The Morgan fingerprint density at radius 2 is 1.72 bits per heavy atom. The van der Waals surface area contributed by atoms with E-state index >= 15 is 9.18 Å². The highest BCUT2D eigenvalue weighted by Gasteiger charge is 2.62. The van der Waals surface area contributed by atoms with Crippen molar-refractivity contribution in [2.75, 3.05) is 13.2 Å². The first-order valence-corrected chi connectivity index (χ1v) is 22.6. The molecule has 2 N–H and O–H groups in total. The van der Waals surface area contributed by atoms with Crippen molar-refractivity contribution in [3.8, 4) is 17.2 Å². The lowest BCUT2D eigenvalue weighted by molar-refractivity contribution is -0.0592. The molecule has 11 rings (SSSR count). The fourth-order valence-corrected chi connectivity index (χ4v) is 11.1. The third kappa shape index (κ3) is 6.31. The van der Waals surface area contributed by atoms with Crippen LogP contribution in [-0.2, 0) is 28.6 Å². The first-order valence-electron chi connectivity index (χ1n) is 22.2. The van der Waals surface area contributed by atoms with Crippen molar-refractivity contribution in [2.45, 2.75) is 96.5 Å². The molecule has 1 saturated carbocycles. The van der Waals surface area contributed by atoms with E-state index in [4.69, 9.17) is 26.3 Å². The quantitative estimate of drug-likeness (QED) is 0.165. The van der Waals surface area contributed by atoms with Crippen LogP contribution in [0.3, 0.4) is 0 Å². The summed E-state index contributed by atoms with van der Waals surface area (Å²) in [7, 11) is 1.74. The van der Waals surface area contributed by atoms with Crippen LogP contribution in [0.25, 0.3) is 39.0 Å². The van der Waals surface area contributed by atoms with E-state index in [0.29, 0.717) is 70.6 Å². The van der Waals surface area contributed by atoms with Gasteiger partial charge >= 0.3 is 11.8 Å². The molecule has 1 unspecified atom stereocenters. The van der Waals surface area contributed by atoms with Gasteiger partial charge in [0.2, 0.25) is 0 Å². The predicted molar refractivity (Wildman–Crippen MR) is 243 cm³/mol. The SMILES string of the molecule is Cc1cc(-n2nc3c(c2-n2ccn(-c4ccc5c(cnn5C)c4F)c2=O)[C@H](C)N(C(=O)c2cc4cc([C@H]5CCOC(C)(C)C5)ccc4n2[C@@]2(C4NOC(=O)N4)C[C@@H]2C)CC3)cc(C)c1Cl. The van der Waals surface area contributed by atoms with Crippen LogP contribution in [-0.4, -0.2) is 75.1 Å². The third-order valence-electron chi connectivity index (χ3n) is 14.5. The Morgan fingerprint density at radius 3 is 2.43 bits per heavy atom. The average molecular weight is 901 g/mol. The molecule has 5 atom stereocenters. The molecule has 7 aromatic rings. The molecule has 4 aromatic heterocycles. The summed E-state index contributed by atoms with van der Waals surface area (Å²) in [6, 6.07) is 15.0. The first-order chi connectivity index (χ1) is 31.1. The number of hydroxylamine groups is 1. The zero-order valence-corrected chi connectivity index (χ0v) is 38.0. The number of benzene rings is 3. The van der Waals surface area contributed by atoms with Crippen molar-refractivity contribution in [2.24, 2.45) is 13.0 Å². The third-order valence-corrected chi connectivity index (χ3v) is 15.1. The van der Waals surface area contributed by atoms with Gasteiger partial charge in [0, 0.05) is 60.5 Å². The Labute approximate surface area is 378 Å². The van der Waals surface area contributed by atoms with Crippen LogP contribution in [0.4, 0.5) is 9.18 Å². The maximum absolute atomic E-state index is 16.2. The van der Waals surface area contributed by atoms with Gasteiger partial charge in [0.15, 0.2) is 5.82 Å². The Balaban J connectivity index is 1.05. The van der Waals surface area contributed by atoms with Crippen molar-refractivity contribution in [1.82, 2.24) is 49.0 Å². The topological polar surface area (TPSA) is 147 Å². The number of ether oxygens (including phenoxy) is 1. The van der Waals surface area contributed by atoms with Gasteiger partial charge in [-0.2, -0.15) is 10.2 Å². The number of halogens is 2. The molecule has 65 heavy (non-hydrogen) atoms. The Morgan fingerprint density at radius 1 is 0.985 bits per heavy atom. The maximum Gasteiger partial charge on any atom is 0.427 e. The Kier molecular flexibility index (Phi) is 9.34. The lowest BCUT2D eigenvalue weighted by Crippen LogP contribution is -2.49. The van der Waals surface area contributed by atoms with Gasteiger partial charge in [0.05, 0.1) is 51.4 Å². The van der Waals surface area contributed by atoms with Crippen molar-refractivity contribution < 1.29 is 23.6 Å². The number of nitrogens with one attached hydrogen (secondary N) is 2. The van der Waals surface area contributed by atoms with E-state index in [-0.39, 0.29) is 23.1 Å². The summed E-state index contributed by atoms with van der Waals surface area (Å²) in [4.78, 5) is 49.9. The number of rotatable bonds is 7. The van der Waals surface area contributed by atoms with E-state index in [1.54, 1.807) is 40.9 Å². The molecule has 2 saturated heterocycles. The highest BCUT2D eigenvalue weighted by molar-refractivity contribution is 6.32. The second kappa shape index (κ2) is 14.6. The van der Waals surface area contributed by atoms with E-state index in [1.165, 1.54) is 20.9 Å². The van der Waals surface area contributed by atoms with Gasteiger partial charge in [-0.3, -0.25) is 23.9 Å². The Bertz CT molecular complexity index is 3190. The number of nitrogens with zero attached hydrogens (tertiary/aromatic N) is 8. The molecule has 0 bridgehead atoms. The second-order valence-electron chi connectivity index (χ2n) is 19.0. The van der Waals surface area contributed by atoms with E-state index in [0.717, 1.165) is 40.6 Å². The molecule has 3 aromatic carbocycles. The lowest BCUT2D eigenvalue weighted by Gasteiger charge is -2.36. The molecule has 2 amide bonds. The van der Waals surface area contributed by atoms with Gasteiger partial charge in [-0.1, -0.05) is 24.6 Å². The number of hydrogen-bond donors (Lipinski definition) is 2. The summed E-state index contributed by atoms with van der Waals surface area (Å²) in [6.45, 7) is 13.2. The molecule has 0 radical (unpaired) electrons. The zero-order chi connectivity index (χ0) is 45.4. The van der Waals surface area contributed by atoms with Crippen molar-refractivity contribution in [1.29, 1.82) is 0 Å². The van der Waals surface area contributed by atoms with Crippen LogP contribution >= 0.6 is 11.6 Å². The summed E-state index contributed by atoms with van der Waals surface area (Å²) in [5, 5.41) is 14.2. The van der Waals surface area contributed by atoms with Crippen molar-refractivity contribution in [3.63, 3.8) is 0 Å². The number of carbonyl (C=O) groups excluding carboxylic acids is 2. The van der Waals surface area contributed by atoms with Crippen LogP contribution in [0.2, 0.25) is 5.02 Å². The summed E-state index contributed by atoms with van der Waals surface area (Å²) >= 11 is 6.67. The monoisotopic (exact) mass is 900 g/mol. The van der Waals surface area contributed by atoms with Gasteiger partial charge < -0.3 is 19.0 Å². The molecule has 336 valence electrons. The van der Waals surface area contributed by atoms with E-state index < -0.39 is 35.3 Å². The largest absolute Gasteiger partial charge is 0.427 e. The molecular formula is C48H50ClFN10O5. The number of hydrogen-bond acceptors (Lipinski definition) is 8. The minimum atomic E-state index is -0.698. The molecule has 7 heterocycles. The van der Waals surface area contributed by atoms with Crippen molar-refractivity contribution in [3.05, 3.63) is 122 Å². The summed E-state index contributed by atoms with van der Waals surface area (Å²) in [5.41, 5.74) is 8.46. The fourth-order valence-electron chi connectivity index (χ4n) is 11.0. The standard InChI is InChI=1S/C48H50ClFN10O5/c1-25-18-32(19-26(2)40(25)49)60-42(58-16-15-57(46(58)63)37-11-10-36-33(41(37)50)24-51-55(36)7)39-28(4)56(14-12-34(39)53-60)43(61)38-21-31-20-29(30-13-17-64-47(5,6)23-30)8-9-35(31)59(38)48(22-27(48)3)44-52-45(62)65-54-44/h8-11,15-16,18-21,24,27-28,30,44,54H,12-14,17,22-23H2,1-7H3,(H,52,62)/t27-,28-,30-,44?,48-/m0/s1. The number of aromatic nitrogens is 7. The van der Waals surface area contributed by atoms with Crippen LogP contribution in [0.5, 0.6) is 0 Å². The number of aryl methyl sites for hydroxylation is 3. The predicted octanol–water partition coefficient (Wildman–Crippen LogP) is 7.80. The van der Waals surface area contributed by atoms with E-state index in [2.05, 4.69) is 59.4 Å². The second-order valence-corrected chi connectivity index (χ2v) is 19.4. The Hall–Kier alpha value is -6.23. The molecule has 4 aliphatic rings.